The summed E-state index contributed by atoms with van der Waals surface area (Å²) in [7, 11) is 1.26. The summed E-state index contributed by atoms with van der Waals surface area (Å²) in [4.78, 5) is 0. The van der Waals surface area contributed by atoms with Gasteiger partial charge in [-0.2, -0.15) is 18.3 Å². The highest BCUT2D eigenvalue weighted by Crippen LogP contribution is 2.43. The second-order valence-electron chi connectivity index (χ2n) is 3.73. The van der Waals surface area contributed by atoms with Crippen molar-refractivity contribution < 1.29 is 17.9 Å². The average Bonchev–Trinajstić information content (AvgIpc) is 2.73. The summed E-state index contributed by atoms with van der Waals surface area (Å²) in [5.41, 5.74) is 5.40. The van der Waals surface area contributed by atoms with Crippen molar-refractivity contribution >= 4 is 17.4 Å². The second kappa shape index (κ2) is 4.65. The Kier molecular flexibility index (Phi) is 3.32. The van der Waals surface area contributed by atoms with Crippen LogP contribution in [0.2, 0.25) is 5.02 Å². The molecule has 0 bridgehead atoms. The van der Waals surface area contributed by atoms with Crippen molar-refractivity contribution in [1.29, 1.82) is 0 Å². The highest BCUT2D eigenvalue weighted by molar-refractivity contribution is 6.34. The number of nitrogens with two attached hydrogens (primary N) is 1. The van der Waals surface area contributed by atoms with E-state index in [9.17, 15) is 13.2 Å². The van der Waals surface area contributed by atoms with Crippen LogP contribution in [-0.4, -0.2) is 17.3 Å². The summed E-state index contributed by atoms with van der Waals surface area (Å²) in [6.07, 6.45) is -3.14. The third-order valence-corrected chi connectivity index (χ3v) is 2.84. The van der Waals surface area contributed by atoms with E-state index in [0.29, 0.717) is 5.56 Å². The third kappa shape index (κ3) is 2.46. The highest BCUT2D eigenvalue weighted by Gasteiger charge is 2.32. The molecule has 3 N–H and O–H groups in total. The molecule has 19 heavy (non-hydrogen) atoms. The first kappa shape index (κ1) is 13.5. The molecular weight excluding hydrogens is 283 g/mol. The van der Waals surface area contributed by atoms with Gasteiger partial charge in [-0.25, -0.2) is 0 Å². The second-order valence-corrected chi connectivity index (χ2v) is 4.14. The molecule has 102 valence electrons. The number of aromatic nitrogens is 2. The number of nitrogen functional groups attached to an aromatic ring is 1. The maximum Gasteiger partial charge on any atom is 0.416 e. The third-order valence-electron chi connectivity index (χ3n) is 2.54. The van der Waals surface area contributed by atoms with Gasteiger partial charge in [0.15, 0.2) is 0 Å². The van der Waals surface area contributed by atoms with Crippen molar-refractivity contribution in [1.82, 2.24) is 10.2 Å². The monoisotopic (exact) mass is 291 g/mol. The summed E-state index contributed by atoms with van der Waals surface area (Å²) in [6.45, 7) is 0. The molecule has 2 rings (SSSR count). The van der Waals surface area contributed by atoms with Gasteiger partial charge in [0.1, 0.15) is 11.6 Å². The van der Waals surface area contributed by atoms with E-state index in [2.05, 4.69) is 10.2 Å². The number of alkyl halides is 3. The van der Waals surface area contributed by atoms with Gasteiger partial charge in [-0.05, 0) is 12.1 Å². The van der Waals surface area contributed by atoms with Crippen molar-refractivity contribution in [2.45, 2.75) is 6.18 Å². The molecule has 1 aromatic heterocycles. The number of hydrogen-bond donors (Lipinski definition) is 2. The Morgan fingerprint density at radius 3 is 2.53 bits per heavy atom. The number of nitrogens with one attached hydrogen (secondary N) is 1. The molecule has 4 nitrogen and oxygen atoms in total. The minimum absolute atomic E-state index is 0.0204. The number of anilines is 1. The number of halogens is 4. The first-order valence-electron chi connectivity index (χ1n) is 5.08. The number of ether oxygens (including phenoxy) is 1. The largest absolute Gasteiger partial charge is 0.496 e. The van der Waals surface area contributed by atoms with Gasteiger partial charge in [-0.1, -0.05) is 11.6 Å². The number of benzene rings is 1. The van der Waals surface area contributed by atoms with E-state index in [-0.39, 0.29) is 22.2 Å². The topological polar surface area (TPSA) is 63.9 Å². The molecule has 0 radical (unpaired) electrons. The van der Waals surface area contributed by atoms with E-state index >= 15 is 0 Å². The standard InChI is InChI=1S/C11H9ClF3N3O/c1-19-8-3-5(11(13,14)15)2-7(12)9(8)6-4-17-18-10(6)16/h2-4H,1H3,(H3,16,17,18). The van der Waals surface area contributed by atoms with Crippen LogP contribution in [0, 0.1) is 0 Å². The summed E-state index contributed by atoms with van der Waals surface area (Å²) >= 11 is 5.91. The van der Waals surface area contributed by atoms with Gasteiger partial charge in [0.05, 0.1) is 23.9 Å². The van der Waals surface area contributed by atoms with Crippen LogP contribution in [0.3, 0.4) is 0 Å². The Hall–Kier alpha value is -1.89. The molecule has 1 heterocycles. The highest BCUT2D eigenvalue weighted by atomic mass is 35.5. The Balaban J connectivity index is 2.67. The zero-order chi connectivity index (χ0) is 14.2. The fraction of sp³-hybridized carbons (Fsp3) is 0.182. The fourth-order valence-electron chi connectivity index (χ4n) is 1.66. The molecule has 0 spiro atoms. The first-order valence-corrected chi connectivity index (χ1v) is 5.46. The fourth-order valence-corrected chi connectivity index (χ4v) is 1.98. The summed E-state index contributed by atoms with van der Waals surface area (Å²) in [6, 6.07) is 1.69. The lowest BCUT2D eigenvalue weighted by Gasteiger charge is -2.14. The molecule has 0 saturated heterocycles. The minimum atomic E-state index is -4.50. The zero-order valence-electron chi connectivity index (χ0n) is 9.68. The Morgan fingerprint density at radius 2 is 2.05 bits per heavy atom. The van der Waals surface area contributed by atoms with Crippen LogP contribution < -0.4 is 10.5 Å². The van der Waals surface area contributed by atoms with E-state index in [1.54, 1.807) is 0 Å². The van der Waals surface area contributed by atoms with Crippen molar-refractivity contribution in [3.63, 3.8) is 0 Å². The molecule has 0 saturated carbocycles. The maximum atomic E-state index is 12.7. The van der Waals surface area contributed by atoms with Gasteiger partial charge < -0.3 is 10.5 Å². The molecule has 0 aliphatic carbocycles. The predicted octanol–water partition coefficient (Wildman–Crippen LogP) is 3.34. The van der Waals surface area contributed by atoms with Crippen LogP contribution in [0.1, 0.15) is 5.56 Å². The number of H-pyrrole nitrogens is 1. The molecule has 0 fully saturated rings. The zero-order valence-corrected chi connectivity index (χ0v) is 10.4. The smallest absolute Gasteiger partial charge is 0.416 e. The Morgan fingerprint density at radius 1 is 1.37 bits per heavy atom. The van der Waals surface area contributed by atoms with Crippen LogP contribution in [0.5, 0.6) is 5.75 Å². The van der Waals surface area contributed by atoms with Crippen LogP contribution >= 0.6 is 11.6 Å². The van der Waals surface area contributed by atoms with Crippen LogP contribution in [0.25, 0.3) is 11.1 Å². The van der Waals surface area contributed by atoms with E-state index in [4.69, 9.17) is 22.1 Å². The lowest BCUT2D eigenvalue weighted by molar-refractivity contribution is -0.137. The number of methoxy groups -OCH3 is 1. The van der Waals surface area contributed by atoms with Crippen LogP contribution in [0.15, 0.2) is 18.3 Å². The molecule has 8 heteroatoms. The SMILES string of the molecule is COc1cc(C(F)(F)F)cc(Cl)c1-c1cn[nH]c1N. The van der Waals surface area contributed by atoms with Crippen LogP contribution in [-0.2, 0) is 6.18 Å². The normalized spacial score (nSPS) is 11.6. The summed E-state index contributed by atoms with van der Waals surface area (Å²) in [5.74, 6) is 0.174. The van der Waals surface area contributed by atoms with Crippen molar-refractivity contribution in [3.05, 3.63) is 28.9 Å². The number of nitrogens with zero attached hydrogens (tertiary/aromatic N) is 1. The molecule has 2 aromatic rings. The average molecular weight is 292 g/mol. The van der Waals surface area contributed by atoms with E-state index in [0.717, 1.165) is 12.1 Å². The molecule has 0 atom stereocenters. The molecular formula is C11H9ClF3N3O. The summed E-state index contributed by atoms with van der Waals surface area (Å²) in [5, 5.41) is 6.07. The van der Waals surface area contributed by atoms with Crippen LogP contribution in [0.4, 0.5) is 19.0 Å². The van der Waals surface area contributed by atoms with Gasteiger partial charge in [-0.15, -0.1) is 0 Å². The van der Waals surface area contributed by atoms with E-state index in [1.807, 2.05) is 0 Å². The number of rotatable bonds is 2. The molecule has 0 amide bonds. The Labute approximate surface area is 111 Å². The summed E-state index contributed by atoms with van der Waals surface area (Å²) < 4.78 is 43.0. The quantitative estimate of drug-likeness (QED) is 0.892. The lowest BCUT2D eigenvalue weighted by atomic mass is 10.0. The minimum Gasteiger partial charge on any atom is -0.496 e. The molecule has 1 aromatic carbocycles. The van der Waals surface area contributed by atoms with Gasteiger partial charge in [0, 0.05) is 11.1 Å². The van der Waals surface area contributed by atoms with Gasteiger partial charge in [0.25, 0.3) is 0 Å². The number of hydrogen-bond acceptors (Lipinski definition) is 3. The maximum absolute atomic E-state index is 12.7. The molecule has 0 aliphatic rings. The molecule has 0 unspecified atom stereocenters. The number of aromatic amines is 1. The van der Waals surface area contributed by atoms with Crippen molar-refractivity contribution in [2.24, 2.45) is 0 Å². The van der Waals surface area contributed by atoms with E-state index in [1.165, 1.54) is 13.3 Å². The van der Waals surface area contributed by atoms with Crippen molar-refractivity contribution in [2.75, 3.05) is 12.8 Å². The van der Waals surface area contributed by atoms with Gasteiger partial charge in [0.2, 0.25) is 0 Å². The van der Waals surface area contributed by atoms with Gasteiger partial charge >= 0.3 is 6.18 Å². The first-order chi connectivity index (χ1) is 8.84. The molecule has 0 aliphatic heterocycles. The van der Waals surface area contributed by atoms with E-state index < -0.39 is 11.7 Å². The van der Waals surface area contributed by atoms with Gasteiger partial charge in [-0.3, -0.25) is 5.10 Å². The van der Waals surface area contributed by atoms with Crippen molar-refractivity contribution in [3.8, 4) is 16.9 Å². The lowest BCUT2D eigenvalue weighted by Crippen LogP contribution is -2.06. The Bertz CT molecular complexity index is 610. The predicted molar refractivity (Wildman–Crippen MR) is 65.0 cm³/mol.